The van der Waals surface area contributed by atoms with E-state index in [-0.39, 0.29) is 5.91 Å². The van der Waals surface area contributed by atoms with Crippen molar-refractivity contribution in [2.24, 2.45) is 7.05 Å². The highest BCUT2D eigenvalue weighted by molar-refractivity contribution is 7.17. The Morgan fingerprint density at radius 1 is 1.15 bits per heavy atom. The number of carbonyl (C=O) groups is 1. The normalized spacial score (nSPS) is 14.3. The fourth-order valence-corrected chi connectivity index (χ4v) is 4.76. The summed E-state index contributed by atoms with van der Waals surface area (Å²) in [7, 11) is 2.01. The Hall–Kier alpha value is -2.86. The number of H-pyrrole nitrogens is 1. The summed E-state index contributed by atoms with van der Waals surface area (Å²) in [6, 6.07) is 14.4. The molecule has 1 amide bonds. The Morgan fingerprint density at radius 2 is 1.96 bits per heavy atom. The van der Waals surface area contributed by atoms with Crippen LogP contribution < -0.4 is 0 Å². The zero-order valence-corrected chi connectivity index (χ0v) is 15.9. The Morgan fingerprint density at radius 3 is 2.78 bits per heavy atom. The van der Waals surface area contributed by atoms with Gasteiger partial charge in [-0.25, -0.2) is 0 Å². The van der Waals surface area contributed by atoms with Crippen molar-refractivity contribution in [3.05, 3.63) is 64.8 Å². The van der Waals surface area contributed by atoms with E-state index >= 15 is 0 Å². The summed E-state index contributed by atoms with van der Waals surface area (Å²) in [4.78, 5) is 18.2. The lowest BCUT2D eigenvalue weighted by molar-refractivity contribution is 0.0758. The Bertz CT molecular complexity index is 1090. The summed E-state index contributed by atoms with van der Waals surface area (Å²) < 4.78 is 3.11. The lowest BCUT2D eigenvalue weighted by Gasteiger charge is -2.19. The number of amides is 1. The molecule has 5 rings (SSSR count). The molecule has 5 nitrogen and oxygen atoms in total. The standard InChI is InChI=1S/C21H20N4OS/c1-24-20(14-5-3-2-4-6-14)15-7-10-25(11-8-16(15)23-24)21(26)18-13-19-17(22-18)9-12-27-19/h2-6,9,12-13,22H,7-8,10-11H2,1H3. The van der Waals surface area contributed by atoms with Crippen LogP contribution in [0.15, 0.2) is 47.8 Å². The first-order valence-electron chi connectivity index (χ1n) is 9.16. The SMILES string of the molecule is Cn1nc2c(c1-c1ccccc1)CCN(C(=O)c1cc3sccc3[nH]1)CC2. The molecule has 0 radical (unpaired) electrons. The number of fused-ring (bicyclic) bond motifs is 2. The number of benzene rings is 1. The molecule has 27 heavy (non-hydrogen) atoms. The lowest BCUT2D eigenvalue weighted by Crippen LogP contribution is -2.33. The van der Waals surface area contributed by atoms with Crippen molar-refractivity contribution in [3.63, 3.8) is 0 Å². The van der Waals surface area contributed by atoms with Gasteiger partial charge in [0, 0.05) is 37.7 Å². The smallest absolute Gasteiger partial charge is 0.270 e. The number of thiophene rings is 1. The first-order chi connectivity index (χ1) is 13.2. The van der Waals surface area contributed by atoms with Crippen molar-refractivity contribution in [2.75, 3.05) is 13.1 Å². The van der Waals surface area contributed by atoms with E-state index in [2.05, 4.69) is 29.2 Å². The minimum atomic E-state index is 0.0780. The quantitative estimate of drug-likeness (QED) is 0.577. The molecule has 136 valence electrons. The zero-order chi connectivity index (χ0) is 18.4. The number of aromatic nitrogens is 3. The number of carbonyl (C=O) groups excluding carboxylic acids is 1. The third-order valence-electron chi connectivity index (χ3n) is 5.28. The summed E-state index contributed by atoms with van der Waals surface area (Å²) in [5.74, 6) is 0.0780. The van der Waals surface area contributed by atoms with E-state index in [0.29, 0.717) is 18.8 Å². The van der Waals surface area contributed by atoms with Gasteiger partial charge in [-0.1, -0.05) is 30.3 Å². The van der Waals surface area contributed by atoms with Crippen LogP contribution in [0, 0.1) is 0 Å². The van der Waals surface area contributed by atoms with E-state index in [1.165, 1.54) is 16.8 Å². The van der Waals surface area contributed by atoms with Gasteiger partial charge in [-0.15, -0.1) is 11.3 Å². The van der Waals surface area contributed by atoms with Gasteiger partial charge in [-0.3, -0.25) is 9.48 Å². The van der Waals surface area contributed by atoms with E-state index in [9.17, 15) is 4.79 Å². The highest BCUT2D eigenvalue weighted by Gasteiger charge is 2.25. The average molecular weight is 376 g/mol. The second-order valence-electron chi connectivity index (χ2n) is 6.94. The van der Waals surface area contributed by atoms with Crippen LogP contribution >= 0.6 is 11.3 Å². The summed E-state index contributed by atoms with van der Waals surface area (Å²) in [6.45, 7) is 1.41. The molecule has 6 heteroatoms. The third kappa shape index (κ3) is 2.77. The molecule has 0 saturated heterocycles. The molecule has 1 N–H and O–H groups in total. The van der Waals surface area contributed by atoms with Crippen LogP contribution in [0.25, 0.3) is 21.5 Å². The third-order valence-corrected chi connectivity index (χ3v) is 6.15. The van der Waals surface area contributed by atoms with Gasteiger partial charge >= 0.3 is 0 Å². The van der Waals surface area contributed by atoms with Crippen molar-refractivity contribution in [3.8, 4) is 11.3 Å². The van der Waals surface area contributed by atoms with Crippen LogP contribution in [-0.2, 0) is 19.9 Å². The Balaban J connectivity index is 1.42. The van der Waals surface area contributed by atoms with E-state index in [4.69, 9.17) is 5.10 Å². The molecule has 0 saturated carbocycles. The largest absolute Gasteiger partial charge is 0.350 e. The number of aryl methyl sites for hydroxylation is 1. The highest BCUT2D eigenvalue weighted by atomic mass is 32.1. The molecule has 0 fully saturated rings. The maximum atomic E-state index is 13.0. The molecular weight excluding hydrogens is 356 g/mol. The van der Waals surface area contributed by atoms with Gasteiger partial charge in [0.2, 0.25) is 0 Å². The fraction of sp³-hybridized carbons (Fsp3) is 0.238. The molecule has 0 bridgehead atoms. The molecule has 0 atom stereocenters. The molecule has 1 aliphatic heterocycles. The van der Waals surface area contributed by atoms with E-state index in [0.717, 1.165) is 28.8 Å². The molecule has 0 aliphatic carbocycles. The van der Waals surface area contributed by atoms with Gasteiger partial charge in [-0.2, -0.15) is 5.10 Å². The highest BCUT2D eigenvalue weighted by Crippen LogP contribution is 2.29. The Kier molecular flexibility index (Phi) is 3.86. The van der Waals surface area contributed by atoms with Crippen LogP contribution in [-0.4, -0.2) is 38.7 Å². The number of rotatable bonds is 2. The zero-order valence-electron chi connectivity index (χ0n) is 15.1. The van der Waals surface area contributed by atoms with Gasteiger partial charge in [0.15, 0.2) is 0 Å². The first-order valence-corrected chi connectivity index (χ1v) is 10.0. The van der Waals surface area contributed by atoms with Crippen molar-refractivity contribution in [1.29, 1.82) is 0 Å². The maximum absolute atomic E-state index is 13.0. The van der Waals surface area contributed by atoms with Crippen LogP contribution in [0.1, 0.15) is 21.7 Å². The van der Waals surface area contributed by atoms with Gasteiger partial charge in [0.25, 0.3) is 5.91 Å². The molecular formula is C21H20N4OS. The number of hydrogen-bond donors (Lipinski definition) is 1. The molecule has 1 aromatic carbocycles. The maximum Gasteiger partial charge on any atom is 0.270 e. The van der Waals surface area contributed by atoms with Crippen LogP contribution in [0.2, 0.25) is 0 Å². The van der Waals surface area contributed by atoms with Crippen LogP contribution in [0.4, 0.5) is 0 Å². The van der Waals surface area contributed by atoms with Crippen LogP contribution in [0.5, 0.6) is 0 Å². The molecule has 0 unspecified atom stereocenters. The van der Waals surface area contributed by atoms with Gasteiger partial charge in [0.1, 0.15) is 5.69 Å². The number of nitrogens with one attached hydrogen (secondary N) is 1. The van der Waals surface area contributed by atoms with Gasteiger partial charge in [0.05, 0.1) is 21.6 Å². The van der Waals surface area contributed by atoms with Crippen molar-refractivity contribution in [2.45, 2.75) is 12.8 Å². The summed E-state index contributed by atoms with van der Waals surface area (Å²) in [5.41, 5.74) is 6.44. The molecule has 4 aromatic rings. The summed E-state index contributed by atoms with van der Waals surface area (Å²) in [6.07, 6.45) is 1.62. The van der Waals surface area contributed by atoms with Crippen LogP contribution in [0.3, 0.4) is 0 Å². The van der Waals surface area contributed by atoms with Crippen molar-refractivity contribution < 1.29 is 4.79 Å². The summed E-state index contributed by atoms with van der Waals surface area (Å²) >= 11 is 1.65. The minimum absolute atomic E-state index is 0.0780. The Labute approximate surface area is 161 Å². The van der Waals surface area contributed by atoms with Gasteiger partial charge in [-0.05, 0) is 23.9 Å². The van der Waals surface area contributed by atoms with E-state index < -0.39 is 0 Å². The number of aromatic amines is 1. The lowest BCUT2D eigenvalue weighted by atomic mass is 10.0. The summed E-state index contributed by atoms with van der Waals surface area (Å²) in [5, 5.41) is 6.79. The van der Waals surface area contributed by atoms with Crippen molar-refractivity contribution in [1.82, 2.24) is 19.7 Å². The molecule has 0 spiro atoms. The fourth-order valence-electron chi connectivity index (χ4n) is 3.98. The molecule has 3 aromatic heterocycles. The number of hydrogen-bond acceptors (Lipinski definition) is 3. The molecule has 4 heterocycles. The van der Waals surface area contributed by atoms with Gasteiger partial charge < -0.3 is 9.88 Å². The monoisotopic (exact) mass is 376 g/mol. The van der Waals surface area contributed by atoms with Crippen molar-refractivity contribution >= 4 is 27.5 Å². The minimum Gasteiger partial charge on any atom is -0.350 e. The first kappa shape index (κ1) is 16.3. The second kappa shape index (κ2) is 6.39. The molecule has 1 aliphatic rings. The second-order valence-corrected chi connectivity index (χ2v) is 7.88. The predicted octanol–water partition coefficient (Wildman–Crippen LogP) is 3.87. The number of nitrogens with zero attached hydrogens (tertiary/aromatic N) is 3. The van der Waals surface area contributed by atoms with E-state index in [1.807, 2.05) is 40.2 Å². The average Bonchev–Trinajstić information content (AvgIpc) is 3.32. The van der Waals surface area contributed by atoms with E-state index in [1.54, 1.807) is 11.3 Å². The predicted molar refractivity (Wildman–Crippen MR) is 108 cm³/mol. The topological polar surface area (TPSA) is 53.9 Å².